The number of unbranched alkanes of at least 4 members (excludes halogenated alkanes) is 2. The van der Waals surface area contributed by atoms with Crippen LogP contribution in [0.1, 0.15) is 71.6 Å². The lowest BCUT2D eigenvalue weighted by Crippen LogP contribution is -2.27. The number of hydrogen-bond acceptors (Lipinski definition) is 5. The lowest BCUT2D eigenvalue weighted by molar-refractivity contribution is 0.0520. The van der Waals surface area contributed by atoms with E-state index in [9.17, 15) is 0 Å². The molecule has 0 spiro atoms. The van der Waals surface area contributed by atoms with E-state index in [1.54, 1.807) is 0 Å². The first-order valence-corrected chi connectivity index (χ1v) is 10.6. The number of aliphatic hydroxyl groups is 2. The average Bonchev–Trinajstić information content (AvgIpc) is 3.49. The Bertz CT molecular complexity index is 406. The molecule has 4 fully saturated rings. The van der Waals surface area contributed by atoms with Crippen molar-refractivity contribution in [2.45, 2.75) is 95.0 Å². The van der Waals surface area contributed by atoms with Gasteiger partial charge in [-0.1, -0.05) is 0 Å². The molecule has 0 aromatic heterocycles. The van der Waals surface area contributed by atoms with Crippen molar-refractivity contribution in [2.24, 2.45) is 11.8 Å². The Kier molecular flexibility index (Phi) is 7.00. The fourth-order valence-electron chi connectivity index (χ4n) is 4.54. The smallest absolute Gasteiger partial charge is 0.0920 e. The van der Waals surface area contributed by atoms with E-state index in [1.165, 1.54) is 38.5 Å². The zero-order chi connectivity index (χ0) is 18.6. The number of fused-ring (bicyclic) bond motifs is 2. The second kappa shape index (κ2) is 8.87. The molecule has 152 valence electrons. The van der Waals surface area contributed by atoms with Crippen LogP contribution in [-0.2, 0) is 14.2 Å². The first-order valence-electron chi connectivity index (χ1n) is 10.6. The summed E-state index contributed by atoms with van der Waals surface area (Å²) in [6, 6.07) is 0. The SMILES string of the molecule is CC12CCC(COCC3CCC4(C)OC4C3)CC1O2.OCCCCCO. The third-order valence-corrected chi connectivity index (χ3v) is 6.79. The second-order valence-corrected chi connectivity index (χ2v) is 9.16. The first-order chi connectivity index (χ1) is 12.5. The number of epoxide rings is 2. The summed E-state index contributed by atoms with van der Waals surface area (Å²) in [5.74, 6) is 1.46. The van der Waals surface area contributed by atoms with Crippen molar-refractivity contribution in [3.05, 3.63) is 0 Å². The predicted molar refractivity (Wildman–Crippen MR) is 100 cm³/mol. The third-order valence-electron chi connectivity index (χ3n) is 6.79. The standard InChI is InChI=1S/C16H26O3.C5H12O2/c1-15-5-3-11(7-13(15)18-15)9-17-10-12-4-6-16(2)14(8-12)19-16;6-4-2-1-3-5-7/h11-14H,3-10H2,1-2H3;6-7H,1-5H2. The van der Waals surface area contributed by atoms with Crippen LogP contribution in [0, 0.1) is 11.8 Å². The number of hydrogen-bond donors (Lipinski definition) is 2. The fourth-order valence-corrected chi connectivity index (χ4v) is 4.54. The van der Waals surface area contributed by atoms with Crippen molar-refractivity contribution in [1.29, 1.82) is 0 Å². The van der Waals surface area contributed by atoms with E-state index >= 15 is 0 Å². The topological polar surface area (TPSA) is 74.8 Å². The fraction of sp³-hybridized carbons (Fsp3) is 1.00. The molecule has 5 nitrogen and oxygen atoms in total. The first kappa shape index (κ1) is 20.5. The van der Waals surface area contributed by atoms with Gasteiger partial charge in [-0.3, -0.25) is 0 Å². The summed E-state index contributed by atoms with van der Waals surface area (Å²) in [6.45, 7) is 6.89. The molecular weight excluding hydrogens is 332 g/mol. The molecular formula is C21H38O5. The highest BCUT2D eigenvalue weighted by atomic mass is 16.6. The van der Waals surface area contributed by atoms with Crippen molar-refractivity contribution in [3.8, 4) is 0 Å². The summed E-state index contributed by atoms with van der Waals surface area (Å²) in [6.07, 6.45) is 11.1. The zero-order valence-corrected chi connectivity index (χ0v) is 16.6. The van der Waals surface area contributed by atoms with Crippen LogP contribution in [-0.4, -0.2) is 60.1 Å². The Labute approximate surface area is 158 Å². The molecule has 2 N–H and O–H groups in total. The minimum Gasteiger partial charge on any atom is -0.396 e. The molecule has 0 bridgehead atoms. The molecule has 6 atom stereocenters. The van der Waals surface area contributed by atoms with Crippen LogP contribution < -0.4 is 0 Å². The second-order valence-electron chi connectivity index (χ2n) is 9.16. The molecule has 2 aliphatic carbocycles. The minimum absolute atomic E-state index is 0.244. The lowest BCUT2D eigenvalue weighted by Gasteiger charge is -2.25. The van der Waals surface area contributed by atoms with Gasteiger partial charge in [0.2, 0.25) is 0 Å². The molecule has 4 aliphatic rings. The third kappa shape index (κ3) is 5.41. The van der Waals surface area contributed by atoms with Crippen LogP contribution in [0.5, 0.6) is 0 Å². The minimum atomic E-state index is 0.244. The maximum Gasteiger partial charge on any atom is 0.0920 e. The highest BCUT2D eigenvalue weighted by molar-refractivity contribution is 5.04. The Morgan fingerprint density at radius 3 is 1.65 bits per heavy atom. The van der Waals surface area contributed by atoms with Gasteiger partial charge in [0.15, 0.2) is 0 Å². The van der Waals surface area contributed by atoms with E-state index in [-0.39, 0.29) is 24.4 Å². The van der Waals surface area contributed by atoms with Gasteiger partial charge >= 0.3 is 0 Å². The maximum absolute atomic E-state index is 8.21. The molecule has 2 aliphatic heterocycles. The van der Waals surface area contributed by atoms with Crippen LogP contribution in [0.25, 0.3) is 0 Å². The van der Waals surface area contributed by atoms with Crippen LogP contribution in [0.4, 0.5) is 0 Å². The predicted octanol–water partition coefficient (Wildman–Crippen LogP) is 3.06. The van der Waals surface area contributed by atoms with Gasteiger partial charge in [-0.2, -0.15) is 0 Å². The van der Waals surface area contributed by atoms with Gasteiger partial charge in [0, 0.05) is 26.4 Å². The van der Waals surface area contributed by atoms with E-state index in [0.717, 1.165) is 44.3 Å². The Hall–Kier alpha value is -0.200. The van der Waals surface area contributed by atoms with Gasteiger partial charge in [0.05, 0.1) is 23.4 Å². The molecule has 2 heterocycles. The summed E-state index contributed by atoms with van der Waals surface area (Å²) in [5.41, 5.74) is 0.487. The quantitative estimate of drug-likeness (QED) is 0.507. The molecule has 2 saturated heterocycles. The van der Waals surface area contributed by atoms with Crippen molar-refractivity contribution in [2.75, 3.05) is 26.4 Å². The van der Waals surface area contributed by atoms with E-state index in [2.05, 4.69) is 13.8 Å². The number of rotatable bonds is 8. The lowest BCUT2D eigenvalue weighted by atomic mass is 9.83. The van der Waals surface area contributed by atoms with Gasteiger partial charge in [0.25, 0.3) is 0 Å². The zero-order valence-electron chi connectivity index (χ0n) is 16.6. The number of ether oxygens (including phenoxy) is 3. The molecule has 0 radical (unpaired) electrons. The molecule has 2 saturated carbocycles. The van der Waals surface area contributed by atoms with Gasteiger partial charge < -0.3 is 24.4 Å². The molecule has 4 rings (SSSR count). The van der Waals surface area contributed by atoms with Crippen molar-refractivity contribution < 1.29 is 24.4 Å². The Balaban J connectivity index is 0.000000242. The summed E-state index contributed by atoms with van der Waals surface area (Å²) >= 11 is 0. The van der Waals surface area contributed by atoms with E-state index < -0.39 is 0 Å². The highest BCUT2D eigenvalue weighted by Gasteiger charge is 2.56. The van der Waals surface area contributed by atoms with Gasteiger partial charge in [-0.15, -0.1) is 0 Å². The molecule has 0 aromatic carbocycles. The summed E-state index contributed by atoms with van der Waals surface area (Å²) in [7, 11) is 0. The Morgan fingerprint density at radius 2 is 1.27 bits per heavy atom. The van der Waals surface area contributed by atoms with Crippen LogP contribution in [0.15, 0.2) is 0 Å². The Morgan fingerprint density at radius 1 is 0.808 bits per heavy atom. The van der Waals surface area contributed by atoms with E-state index in [1.807, 2.05) is 0 Å². The van der Waals surface area contributed by atoms with Crippen molar-refractivity contribution >= 4 is 0 Å². The normalized spacial score (nSPS) is 42.9. The van der Waals surface area contributed by atoms with Gasteiger partial charge in [-0.25, -0.2) is 0 Å². The van der Waals surface area contributed by atoms with Gasteiger partial charge in [-0.05, 0) is 83.5 Å². The van der Waals surface area contributed by atoms with Crippen LogP contribution >= 0.6 is 0 Å². The van der Waals surface area contributed by atoms with Crippen LogP contribution in [0.3, 0.4) is 0 Å². The van der Waals surface area contributed by atoms with E-state index in [0.29, 0.717) is 12.2 Å². The maximum atomic E-state index is 8.21. The monoisotopic (exact) mass is 370 g/mol. The summed E-state index contributed by atoms with van der Waals surface area (Å²) in [5, 5.41) is 16.4. The molecule has 0 aromatic rings. The molecule has 5 heteroatoms. The largest absolute Gasteiger partial charge is 0.396 e. The molecule has 26 heavy (non-hydrogen) atoms. The van der Waals surface area contributed by atoms with Crippen LogP contribution in [0.2, 0.25) is 0 Å². The summed E-state index contributed by atoms with van der Waals surface area (Å²) in [4.78, 5) is 0. The average molecular weight is 371 g/mol. The van der Waals surface area contributed by atoms with E-state index in [4.69, 9.17) is 24.4 Å². The van der Waals surface area contributed by atoms with Gasteiger partial charge in [0.1, 0.15) is 0 Å². The summed E-state index contributed by atoms with van der Waals surface area (Å²) < 4.78 is 17.5. The van der Waals surface area contributed by atoms with Crippen molar-refractivity contribution in [1.82, 2.24) is 0 Å². The number of aliphatic hydroxyl groups excluding tert-OH is 2. The molecule has 0 amide bonds. The highest BCUT2D eigenvalue weighted by Crippen LogP contribution is 2.50. The molecule has 6 unspecified atom stereocenters. The van der Waals surface area contributed by atoms with Crippen molar-refractivity contribution in [3.63, 3.8) is 0 Å².